The average Bonchev–Trinajstić information content (AvgIpc) is 2.98. The largest absolute Gasteiger partial charge is 0.459 e. The van der Waals surface area contributed by atoms with E-state index in [9.17, 15) is 4.79 Å². The van der Waals surface area contributed by atoms with Crippen LogP contribution in [0, 0.1) is 23.7 Å². The van der Waals surface area contributed by atoms with Crippen molar-refractivity contribution in [2.45, 2.75) is 71.8 Å². The van der Waals surface area contributed by atoms with E-state index in [1.54, 1.807) is 0 Å². The fourth-order valence-corrected chi connectivity index (χ4v) is 4.20. The molecule has 3 atom stereocenters. The molecule has 2 rings (SSSR count). The highest BCUT2D eigenvalue weighted by atomic mass is 16.6. The lowest BCUT2D eigenvalue weighted by Gasteiger charge is -2.41. The van der Waals surface area contributed by atoms with E-state index in [1.165, 1.54) is 25.7 Å². The molecular weight excluding hydrogens is 224 g/mol. The molecule has 18 heavy (non-hydrogen) atoms. The zero-order chi connectivity index (χ0) is 13.3. The summed E-state index contributed by atoms with van der Waals surface area (Å²) in [5.74, 6) is 2.32. The molecule has 0 amide bonds. The molecule has 0 saturated heterocycles. The third kappa shape index (κ3) is 2.31. The lowest BCUT2D eigenvalue weighted by molar-refractivity contribution is -0.174. The van der Waals surface area contributed by atoms with Crippen LogP contribution in [0.1, 0.15) is 66.2 Å². The van der Waals surface area contributed by atoms with Crippen molar-refractivity contribution < 1.29 is 9.53 Å². The molecule has 0 spiro atoms. The predicted octanol–water partition coefficient (Wildman–Crippen LogP) is 4.18. The first-order valence-electron chi connectivity index (χ1n) is 7.75. The standard InChI is InChI=1S/C16H28O2/c1-5-16(6-2,18-15(17)11(3)4)14-10-12-7-8-13(14)9-12/h11-14H,5-10H2,1-4H3. The predicted molar refractivity (Wildman–Crippen MR) is 73.2 cm³/mol. The fourth-order valence-electron chi connectivity index (χ4n) is 4.20. The Morgan fingerprint density at radius 2 is 1.89 bits per heavy atom. The van der Waals surface area contributed by atoms with E-state index in [0.717, 1.165) is 24.7 Å². The van der Waals surface area contributed by atoms with Crippen molar-refractivity contribution in [3.05, 3.63) is 0 Å². The van der Waals surface area contributed by atoms with Gasteiger partial charge >= 0.3 is 5.97 Å². The highest BCUT2D eigenvalue weighted by Crippen LogP contribution is 2.54. The summed E-state index contributed by atoms with van der Waals surface area (Å²) >= 11 is 0. The van der Waals surface area contributed by atoms with Crippen LogP contribution in [0.25, 0.3) is 0 Å². The Labute approximate surface area is 111 Å². The summed E-state index contributed by atoms with van der Waals surface area (Å²) in [5.41, 5.74) is -0.179. The van der Waals surface area contributed by atoms with Gasteiger partial charge in [-0.2, -0.15) is 0 Å². The number of carbonyl (C=O) groups is 1. The van der Waals surface area contributed by atoms with Crippen LogP contribution in [0.4, 0.5) is 0 Å². The topological polar surface area (TPSA) is 26.3 Å². The minimum atomic E-state index is -0.179. The van der Waals surface area contributed by atoms with Crippen molar-refractivity contribution in [1.82, 2.24) is 0 Å². The quantitative estimate of drug-likeness (QED) is 0.686. The highest BCUT2D eigenvalue weighted by Gasteiger charge is 2.51. The summed E-state index contributed by atoms with van der Waals surface area (Å²) < 4.78 is 6.00. The molecule has 2 aliphatic rings. The molecule has 3 unspecified atom stereocenters. The van der Waals surface area contributed by atoms with Gasteiger partial charge in [-0.25, -0.2) is 0 Å². The van der Waals surface area contributed by atoms with Gasteiger partial charge in [0.2, 0.25) is 0 Å². The van der Waals surface area contributed by atoms with Crippen molar-refractivity contribution in [2.24, 2.45) is 23.7 Å². The molecule has 0 aliphatic heterocycles. The van der Waals surface area contributed by atoms with Gasteiger partial charge < -0.3 is 4.74 Å². The smallest absolute Gasteiger partial charge is 0.308 e. The van der Waals surface area contributed by atoms with Crippen LogP contribution >= 0.6 is 0 Å². The summed E-state index contributed by atoms with van der Waals surface area (Å²) in [7, 11) is 0. The Morgan fingerprint density at radius 1 is 1.22 bits per heavy atom. The van der Waals surface area contributed by atoms with E-state index < -0.39 is 0 Å². The fraction of sp³-hybridized carbons (Fsp3) is 0.938. The molecule has 2 fully saturated rings. The van der Waals surface area contributed by atoms with E-state index in [2.05, 4.69) is 13.8 Å². The number of fused-ring (bicyclic) bond motifs is 2. The Morgan fingerprint density at radius 3 is 2.28 bits per heavy atom. The van der Waals surface area contributed by atoms with E-state index >= 15 is 0 Å². The van der Waals surface area contributed by atoms with Gasteiger partial charge in [0.05, 0.1) is 5.92 Å². The van der Waals surface area contributed by atoms with Crippen molar-refractivity contribution in [1.29, 1.82) is 0 Å². The molecular formula is C16H28O2. The first-order valence-corrected chi connectivity index (χ1v) is 7.75. The number of carbonyl (C=O) groups excluding carboxylic acids is 1. The maximum Gasteiger partial charge on any atom is 0.308 e. The van der Waals surface area contributed by atoms with Crippen LogP contribution in [0.2, 0.25) is 0 Å². The maximum absolute atomic E-state index is 12.0. The highest BCUT2D eigenvalue weighted by molar-refractivity contribution is 5.72. The molecule has 0 aromatic carbocycles. The minimum absolute atomic E-state index is 0.0125. The van der Waals surface area contributed by atoms with Crippen LogP contribution in [0.3, 0.4) is 0 Å². The van der Waals surface area contributed by atoms with Gasteiger partial charge in [-0.05, 0) is 43.9 Å². The second kappa shape index (κ2) is 5.22. The van der Waals surface area contributed by atoms with Gasteiger partial charge in [-0.1, -0.05) is 34.1 Å². The maximum atomic E-state index is 12.0. The van der Waals surface area contributed by atoms with Crippen molar-refractivity contribution in [3.8, 4) is 0 Å². The average molecular weight is 252 g/mol. The Bertz CT molecular complexity index is 304. The molecule has 2 nitrogen and oxygen atoms in total. The first kappa shape index (κ1) is 13.9. The molecule has 0 aromatic heterocycles. The van der Waals surface area contributed by atoms with Gasteiger partial charge in [0, 0.05) is 5.92 Å². The summed E-state index contributed by atoms with van der Waals surface area (Å²) in [6, 6.07) is 0. The lowest BCUT2D eigenvalue weighted by atomic mass is 9.73. The van der Waals surface area contributed by atoms with Crippen LogP contribution in [-0.4, -0.2) is 11.6 Å². The van der Waals surface area contributed by atoms with E-state index in [0.29, 0.717) is 5.92 Å². The number of hydrogen-bond acceptors (Lipinski definition) is 2. The summed E-state index contributed by atoms with van der Waals surface area (Å²) in [5, 5.41) is 0. The van der Waals surface area contributed by atoms with E-state index in [4.69, 9.17) is 4.74 Å². The Balaban J connectivity index is 2.13. The van der Waals surface area contributed by atoms with Gasteiger partial charge in [0.1, 0.15) is 5.60 Å². The number of hydrogen-bond donors (Lipinski definition) is 0. The van der Waals surface area contributed by atoms with Gasteiger partial charge in [-0.3, -0.25) is 4.79 Å². The molecule has 2 heteroatoms. The van der Waals surface area contributed by atoms with Crippen LogP contribution in [0.5, 0.6) is 0 Å². The number of rotatable bonds is 5. The van der Waals surface area contributed by atoms with E-state index in [1.807, 2.05) is 13.8 Å². The van der Waals surface area contributed by atoms with Gasteiger partial charge in [0.25, 0.3) is 0 Å². The summed E-state index contributed by atoms with van der Waals surface area (Å²) in [4.78, 5) is 12.0. The Kier molecular flexibility index (Phi) is 4.03. The van der Waals surface area contributed by atoms with Crippen LogP contribution < -0.4 is 0 Å². The van der Waals surface area contributed by atoms with Crippen LogP contribution in [0.15, 0.2) is 0 Å². The third-order valence-corrected chi connectivity index (χ3v) is 5.39. The molecule has 2 saturated carbocycles. The molecule has 0 aromatic rings. The number of esters is 1. The molecule has 0 heterocycles. The SMILES string of the molecule is CCC(CC)(OC(=O)C(C)C)C1CC2CCC1C2. The van der Waals surface area contributed by atoms with Crippen LogP contribution in [-0.2, 0) is 9.53 Å². The molecule has 0 N–H and O–H groups in total. The Hall–Kier alpha value is -0.530. The van der Waals surface area contributed by atoms with Crippen molar-refractivity contribution in [2.75, 3.05) is 0 Å². The monoisotopic (exact) mass is 252 g/mol. The first-order chi connectivity index (χ1) is 8.52. The zero-order valence-corrected chi connectivity index (χ0v) is 12.4. The van der Waals surface area contributed by atoms with Crippen molar-refractivity contribution >= 4 is 5.97 Å². The van der Waals surface area contributed by atoms with Gasteiger partial charge in [0.15, 0.2) is 0 Å². The van der Waals surface area contributed by atoms with Crippen molar-refractivity contribution in [3.63, 3.8) is 0 Å². The van der Waals surface area contributed by atoms with E-state index in [-0.39, 0.29) is 17.5 Å². The third-order valence-electron chi connectivity index (χ3n) is 5.39. The summed E-state index contributed by atoms with van der Waals surface area (Å²) in [6.07, 6.45) is 7.37. The molecule has 2 bridgehead atoms. The second-order valence-corrected chi connectivity index (χ2v) is 6.63. The summed E-state index contributed by atoms with van der Waals surface area (Å²) in [6.45, 7) is 8.23. The molecule has 104 valence electrons. The minimum Gasteiger partial charge on any atom is -0.459 e. The second-order valence-electron chi connectivity index (χ2n) is 6.63. The van der Waals surface area contributed by atoms with Gasteiger partial charge in [-0.15, -0.1) is 0 Å². The lowest BCUT2D eigenvalue weighted by Crippen LogP contribution is -2.44. The zero-order valence-electron chi connectivity index (χ0n) is 12.4. The number of ether oxygens (including phenoxy) is 1. The molecule has 0 radical (unpaired) electrons. The normalized spacial score (nSPS) is 31.1. The molecule has 2 aliphatic carbocycles.